The molecule has 2 aliphatic rings. The lowest BCUT2D eigenvalue weighted by Crippen LogP contribution is -2.42. The first-order valence-electron chi connectivity index (χ1n) is 12.9. The van der Waals surface area contributed by atoms with Crippen molar-refractivity contribution in [2.75, 3.05) is 11.9 Å². The van der Waals surface area contributed by atoms with Crippen molar-refractivity contribution in [1.29, 1.82) is 0 Å². The molecule has 3 N–H and O–H groups in total. The summed E-state index contributed by atoms with van der Waals surface area (Å²) in [5.74, 6) is -0.276. The predicted octanol–water partition coefficient (Wildman–Crippen LogP) is 4.95. The lowest BCUT2D eigenvalue weighted by atomic mass is 9.95. The Bertz CT molecular complexity index is 1630. The number of amides is 1. The van der Waals surface area contributed by atoms with E-state index in [0.29, 0.717) is 57.7 Å². The summed E-state index contributed by atoms with van der Waals surface area (Å²) in [6, 6.07) is 18.1. The fourth-order valence-corrected chi connectivity index (χ4v) is 5.39. The van der Waals surface area contributed by atoms with Crippen molar-refractivity contribution in [1.82, 2.24) is 14.9 Å². The summed E-state index contributed by atoms with van der Waals surface area (Å²) in [4.78, 5) is 28.4. The second kappa shape index (κ2) is 10.8. The molecule has 0 aliphatic carbocycles. The molecule has 0 spiro atoms. The number of aliphatic imine (C=N–C) groups is 1. The third-order valence-corrected chi connectivity index (χ3v) is 7.42. The molecule has 6 rings (SSSR count). The number of aliphatic hydroxyl groups excluding tert-OH is 1. The monoisotopic (exact) mass is 557 g/mol. The summed E-state index contributed by atoms with van der Waals surface area (Å²) in [5, 5.41) is 22.9. The van der Waals surface area contributed by atoms with Gasteiger partial charge in [-0.15, -0.1) is 0 Å². The van der Waals surface area contributed by atoms with Crippen LogP contribution in [-0.4, -0.2) is 55.6 Å². The fourth-order valence-electron chi connectivity index (χ4n) is 5.21. The molecule has 3 aromatic carbocycles. The number of aromatic nitrogens is 2. The maximum atomic E-state index is 14.8. The zero-order valence-electron chi connectivity index (χ0n) is 21.3. The number of carbonyl (C=O) groups is 1. The zero-order valence-corrected chi connectivity index (χ0v) is 22.0. The minimum absolute atomic E-state index is 0.246. The Morgan fingerprint density at radius 1 is 1.05 bits per heavy atom. The highest BCUT2D eigenvalue weighted by atomic mass is 35.5. The number of carbonyl (C=O) groups excluding carboxylic acids is 1. The van der Waals surface area contributed by atoms with Crippen LogP contribution in [0.5, 0.6) is 0 Å². The maximum absolute atomic E-state index is 14.8. The number of rotatable bonds is 5. The van der Waals surface area contributed by atoms with Gasteiger partial charge in [0.1, 0.15) is 5.82 Å². The van der Waals surface area contributed by atoms with Gasteiger partial charge in [0, 0.05) is 51.3 Å². The summed E-state index contributed by atoms with van der Waals surface area (Å²) in [6.45, 7) is 0.752. The van der Waals surface area contributed by atoms with Crippen molar-refractivity contribution < 1.29 is 19.4 Å². The van der Waals surface area contributed by atoms with E-state index in [0.717, 1.165) is 17.5 Å². The summed E-state index contributed by atoms with van der Waals surface area (Å²) in [6.07, 6.45) is 1.42. The van der Waals surface area contributed by atoms with Gasteiger partial charge < -0.3 is 20.4 Å². The van der Waals surface area contributed by atoms with Gasteiger partial charge >= 0.3 is 0 Å². The number of likely N-dealkylation sites (tertiary alicyclic amines) is 1. The number of anilines is 2. The van der Waals surface area contributed by atoms with Gasteiger partial charge in [-0.3, -0.25) is 9.79 Å². The molecule has 2 aliphatic heterocycles. The highest BCUT2D eigenvalue weighted by molar-refractivity contribution is 6.31. The molecule has 1 fully saturated rings. The van der Waals surface area contributed by atoms with E-state index in [1.807, 2.05) is 6.07 Å². The number of fused-ring (bicyclic) bond motifs is 3. The number of halogens is 2. The third kappa shape index (κ3) is 4.95. The van der Waals surface area contributed by atoms with Crippen molar-refractivity contribution in [2.45, 2.75) is 31.7 Å². The quantitative estimate of drug-likeness (QED) is 0.300. The van der Waals surface area contributed by atoms with Crippen LogP contribution in [0.2, 0.25) is 5.02 Å². The Morgan fingerprint density at radius 3 is 2.62 bits per heavy atom. The van der Waals surface area contributed by atoms with Gasteiger partial charge in [0.05, 0.1) is 24.0 Å². The topological polar surface area (TPSA) is 111 Å². The molecular weight excluding hydrogens is 533 g/mol. The largest absolute Gasteiger partial charge is 0.366 e. The van der Waals surface area contributed by atoms with Gasteiger partial charge in [0.2, 0.25) is 5.95 Å². The smallest absolute Gasteiger partial charge is 0.254 e. The minimum Gasteiger partial charge on any atom is -0.366 e. The molecule has 0 saturated carbocycles. The van der Waals surface area contributed by atoms with Crippen molar-refractivity contribution in [3.63, 3.8) is 0 Å². The molecule has 1 aromatic heterocycles. The molecule has 10 heteroatoms. The summed E-state index contributed by atoms with van der Waals surface area (Å²) in [5.41, 5.74) is 4.88. The molecule has 202 valence electrons. The number of hydrogen-bond acceptors (Lipinski definition) is 7. The van der Waals surface area contributed by atoms with E-state index in [1.165, 1.54) is 11.0 Å². The van der Waals surface area contributed by atoms with Crippen LogP contribution in [0, 0.1) is 5.82 Å². The van der Waals surface area contributed by atoms with Crippen LogP contribution in [0.25, 0.3) is 11.3 Å². The number of hydrogen-bond donors (Lipinski definition) is 3. The van der Waals surface area contributed by atoms with E-state index in [2.05, 4.69) is 10.3 Å². The molecule has 40 heavy (non-hydrogen) atoms. The molecule has 1 unspecified atom stereocenters. The Morgan fingerprint density at radius 2 is 1.85 bits per heavy atom. The molecule has 1 saturated heterocycles. The molecule has 3 heterocycles. The number of aliphatic hydroxyl groups is 2. The highest BCUT2D eigenvalue weighted by Gasteiger charge is 2.33. The number of benzene rings is 3. The second-order valence-electron chi connectivity index (χ2n) is 9.73. The Hall–Kier alpha value is -4.18. The average Bonchev–Trinajstić information content (AvgIpc) is 3.40. The van der Waals surface area contributed by atoms with Gasteiger partial charge in [-0.25, -0.2) is 14.4 Å². The van der Waals surface area contributed by atoms with Crippen LogP contribution < -0.4 is 5.32 Å². The van der Waals surface area contributed by atoms with Crippen molar-refractivity contribution in [2.24, 2.45) is 4.99 Å². The molecule has 8 nitrogen and oxygen atoms in total. The number of nitrogens with one attached hydrogen (secondary N) is 1. The lowest BCUT2D eigenvalue weighted by Gasteiger charge is -2.26. The third-order valence-electron chi connectivity index (χ3n) is 7.19. The van der Waals surface area contributed by atoms with Crippen LogP contribution in [0.3, 0.4) is 0 Å². The van der Waals surface area contributed by atoms with Crippen LogP contribution in [0.15, 0.2) is 77.9 Å². The van der Waals surface area contributed by atoms with Crippen LogP contribution in [-0.2, 0) is 6.54 Å². The minimum atomic E-state index is -1.56. The van der Waals surface area contributed by atoms with Crippen LogP contribution in [0.1, 0.15) is 39.9 Å². The SMILES string of the molecule is O=C(c1ccc(Nc2ncc3c(n2)-c2ccc(Cl)cc2C(c2ccccc2F)=NC3)cc1)N1CCCC1C(O)O. The predicted molar refractivity (Wildman–Crippen MR) is 150 cm³/mol. The zero-order chi connectivity index (χ0) is 27.8. The summed E-state index contributed by atoms with van der Waals surface area (Å²) < 4.78 is 14.8. The van der Waals surface area contributed by atoms with Gasteiger partial charge in [-0.1, -0.05) is 29.8 Å². The van der Waals surface area contributed by atoms with E-state index in [9.17, 15) is 19.4 Å². The first kappa shape index (κ1) is 26.1. The Kier molecular flexibility index (Phi) is 7.02. The average molecular weight is 558 g/mol. The first-order valence-corrected chi connectivity index (χ1v) is 13.3. The van der Waals surface area contributed by atoms with E-state index in [1.54, 1.807) is 60.8 Å². The van der Waals surface area contributed by atoms with Crippen molar-refractivity contribution in [3.05, 3.63) is 106 Å². The van der Waals surface area contributed by atoms with Gasteiger partial charge in [-0.05, 0) is 61.4 Å². The Balaban J connectivity index is 1.28. The van der Waals surface area contributed by atoms with Gasteiger partial charge in [0.15, 0.2) is 6.29 Å². The van der Waals surface area contributed by atoms with E-state index >= 15 is 0 Å². The normalized spacial score (nSPS) is 16.3. The van der Waals surface area contributed by atoms with Gasteiger partial charge in [-0.2, -0.15) is 0 Å². The molecule has 1 atom stereocenters. The van der Waals surface area contributed by atoms with Crippen molar-refractivity contribution in [3.8, 4) is 11.3 Å². The number of nitrogens with zero attached hydrogens (tertiary/aromatic N) is 4. The van der Waals surface area contributed by atoms with Crippen LogP contribution >= 0.6 is 11.6 Å². The summed E-state index contributed by atoms with van der Waals surface area (Å²) in [7, 11) is 0. The van der Waals surface area contributed by atoms with E-state index in [4.69, 9.17) is 21.6 Å². The standard InChI is InChI=1S/C30H25ClFN5O3/c31-19-9-12-21-23(14-19)27(22-4-1-2-5-24(22)32)33-15-18-16-34-30(36-26(18)21)35-20-10-7-17(8-11-20)28(38)37-13-3-6-25(37)29(39)40/h1-2,4-5,7-12,14,16,25,29,39-40H,3,6,13,15H2,(H,34,35,36). The second-order valence-corrected chi connectivity index (χ2v) is 10.2. The lowest BCUT2D eigenvalue weighted by molar-refractivity contribution is -0.0841. The highest BCUT2D eigenvalue weighted by Crippen LogP contribution is 2.34. The molecular formula is C30H25ClFN5O3. The molecule has 1 amide bonds. The molecule has 0 radical (unpaired) electrons. The summed E-state index contributed by atoms with van der Waals surface area (Å²) >= 11 is 6.34. The molecule has 0 bridgehead atoms. The Labute approximate surface area is 234 Å². The van der Waals surface area contributed by atoms with Crippen LogP contribution in [0.4, 0.5) is 16.0 Å². The van der Waals surface area contributed by atoms with Crippen molar-refractivity contribution >= 4 is 34.9 Å². The van der Waals surface area contributed by atoms with E-state index in [-0.39, 0.29) is 18.3 Å². The first-order chi connectivity index (χ1) is 19.4. The van der Waals surface area contributed by atoms with Gasteiger partial charge in [0.25, 0.3) is 5.91 Å². The van der Waals surface area contributed by atoms with E-state index < -0.39 is 12.3 Å². The maximum Gasteiger partial charge on any atom is 0.254 e. The fraction of sp³-hybridized carbons (Fsp3) is 0.200. The molecule has 4 aromatic rings.